The molecule has 0 aliphatic rings. The second-order valence-electron chi connectivity index (χ2n) is 4.99. The Morgan fingerprint density at radius 2 is 1.77 bits per heavy atom. The second-order valence-corrected chi connectivity index (χ2v) is 6.16. The smallest absolute Gasteiger partial charge is 0.350 e. The van der Waals surface area contributed by atoms with Gasteiger partial charge in [0.25, 0.3) is 0 Å². The fourth-order valence-electron chi connectivity index (χ4n) is 1.71. The van der Waals surface area contributed by atoms with Crippen molar-refractivity contribution in [2.24, 2.45) is 0 Å². The average molecular weight is 420 g/mol. The molecule has 1 aromatic rings. The van der Waals surface area contributed by atoms with Gasteiger partial charge < -0.3 is 14.8 Å². The van der Waals surface area contributed by atoms with Gasteiger partial charge in [-0.1, -0.05) is 48.7 Å². The highest BCUT2D eigenvalue weighted by molar-refractivity contribution is 6.47. The molecule has 0 unspecified atom stereocenters. The molecular weight excluding hydrogens is 403 g/mol. The Hall–Kier alpha value is -1.94. The lowest BCUT2D eigenvalue weighted by molar-refractivity contribution is -0.138. The van der Waals surface area contributed by atoms with Crippen molar-refractivity contribution < 1.29 is 19.1 Å². The fraction of sp³-hybridized carbons (Fsp3) is 0.353. The third kappa shape index (κ3) is 5.80. The quantitative estimate of drug-likeness (QED) is 0.276. The Kier molecular flexibility index (Phi) is 9.28. The van der Waals surface area contributed by atoms with Crippen molar-refractivity contribution in [3.05, 3.63) is 38.5 Å². The van der Waals surface area contributed by atoms with Gasteiger partial charge >= 0.3 is 11.9 Å². The van der Waals surface area contributed by atoms with E-state index in [2.05, 4.69) is 5.32 Å². The molecule has 0 aliphatic heterocycles. The van der Waals surface area contributed by atoms with Gasteiger partial charge in [-0.05, 0) is 18.9 Å². The first kappa shape index (κ1) is 22.1. The molecule has 0 radical (unpaired) electrons. The first-order valence-electron chi connectivity index (χ1n) is 7.75. The van der Waals surface area contributed by atoms with Crippen LogP contribution in [0.15, 0.2) is 17.8 Å². The first-order chi connectivity index (χ1) is 12.4. The van der Waals surface area contributed by atoms with E-state index in [-0.39, 0.29) is 45.1 Å². The van der Waals surface area contributed by atoms with Crippen molar-refractivity contribution in [3.8, 4) is 6.07 Å². The maximum atomic E-state index is 12.2. The van der Waals surface area contributed by atoms with Crippen LogP contribution in [0, 0.1) is 11.3 Å². The SMILES string of the molecule is CCCOC(=O)C(C#N)=CNc1cc(Cl)c(Cl)c(C(=O)OCCC)c1Cl. The number of anilines is 1. The lowest BCUT2D eigenvalue weighted by atomic mass is 10.2. The molecule has 1 N–H and O–H groups in total. The van der Waals surface area contributed by atoms with Crippen molar-refractivity contribution in [2.75, 3.05) is 18.5 Å². The summed E-state index contributed by atoms with van der Waals surface area (Å²) in [6.45, 7) is 4.06. The largest absolute Gasteiger partial charge is 0.462 e. The van der Waals surface area contributed by atoms with E-state index in [9.17, 15) is 9.59 Å². The van der Waals surface area contributed by atoms with Crippen LogP contribution in [0.4, 0.5) is 5.69 Å². The van der Waals surface area contributed by atoms with Gasteiger partial charge in [-0.25, -0.2) is 9.59 Å². The van der Waals surface area contributed by atoms with Gasteiger partial charge in [-0.15, -0.1) is 0 Å². The van der Waals surface area contributed by atoms with Gasteiger partial charge in [-0.2, -0.15) is 5.26 Å². The van der Waals surface area contributed by atoms with Crippen LogP contribution in [-0.2, 0) is 14.3 Å². The monoisotopic (exact) mass is 418 g/mol. The summed E-state index contributed by atoms with van der Waals surface area (Å²) in [4.78, 5) is 23.9. The molecule has 0 saturated heterocycles. The highest BCUT2D eigenvalue weighted by Crippen LogP contribution is 2.38. The summed E-state index contributed by atoms with van der Waals surface area (Å²) < 4.78 is 9.93. The molecule has 6 nitrogen and oxygen atoms in total. The van der Waals surface area contributed by atoms with E-state index >= 15 is 0 Å². The number of esters is 2. The molecule has 0 aliphatic carbocycles. The number of nitriles is 1. The predicted octanol–water partition coefficient (Wildman–Crippen LogP) is 4.99. The molecule has 0 saturated carbocycles. The fourth-order valence-corrected chi connectivity index (χ4v) is 2.47. The number of hydrogen-bond acceptors (Lipinski definition) is 6. The Bertz CT molecular complexity index is 757. The molecule has 0 atom stereocenters. The highest BCUT2D eigenvalue weighted by atomic mass is 35.5. The van der Waals surface area contributed by atoms with Crippen molar-refractivity contribution in [2.45, 2.75) is 26.7 Å². The Morgan fingerprint density at radius 1 is 1.15 bits per heavy atom. The molecule has 0 amide bonds. The summed E-state index contributed by atoms with van der Waals surface area (Å²) >= 11 is 18.3. The minimum atomic E-state index is -0.777. The molecule has 0 spiro atoms. The lowest BCUT2D eigenvalue weighted by Crippen LogP contribution is -2.10. The third-order valence-corrected chi connectivity index (χ3v) is 4.13. The number of nitrogens with one attached hydrogen (secondary N) is 1. The topological polar surface area (TPSA) is 88.4 Å². The Balaban J connectivity index is 3.16. The van der Waals surface area contributed by atoms with Gasteiger partial charge in [0.2, 0.25) is 0 Å². The maximum Gasteiger partial charge on any atom is 0.350 e. The number of carbonyl (C=O) groups is 2. The van der Waals surface area contributed by atoms with Crippen LogP contribution >= 0.6 is 34.8 Å². The Morgan fingerprint density at radius 3 is 2.35 bits per heavy atom. The van der Waals surface area contributed by atoms with Crippen LogP contribution in [0.3, 0.4) is 0 Å². The van der Waals surface area contributed by atoms with Gasteiger partial charge in [-0.3, -0.25) is 0 Å². The van der Waals surface area contributed by atoms with Crippen LogP contribution in [0.1, 0.15) is 37.0 Å². The predicted molar refractivity (Wildman–Crippen MR) is 101 cm³/mol. The van der Waals surface area contributed by atoms with Gasteiger partial charge in [0.1, 0.15) is 11.6 Å². The molecule has 140 valence electrons. The van der Waals surface area contributed by atoms with Crippen molar-refractivity contribution in [1.29, 1.82) is 5.26 Å². The van der Waals surface area contributed by atoms with Crippen LogP contribution in [0.5, 0.6) is 0 Å². The zero-order valence-corrected chi connectivity index (χ0v) is 16.5. The van der Waals surface area contributed by atoms with E-state index in [0.717, 1.165) is 6.20 Å². The minimum Gasteiger partial charge on any atom is -0.462 e. The Labute approximate surface area is 166 Å². The molecule has 0 aromatic heterocycles. The zero-order chi connectivity index (χ0) is 19.7. The minimum absolute atomic E-state index is 0.0454. The number of carbonyl (C=O) groups excluding carboxylic acids is 2. The van der Waals surface area contributed by atoms with E-state index in [1.807, 2.05) is 13.8 Å². The van der Waals surface area contributed by atoms with E-state index < -0.39 is 11.9 Å². The summed E-state index contributed by atoms with van der Waals surface area (Å²) in [7, 11) is 0. The molecule has 1 rings (SSSR count). The number of halogens is 3. The summed E-state index contributed by atoms with van der Waals surface area (Å²) in [5.41, 5.74) is -0.187. The zero-order valence-electron chi connectivity index (χ0n) is 14.2. The summed E-state index contributed by atoms with van der Waals surface area (Å²) in [5, 5.41) is 11.7. The van der Waals surface area contributed by atoms with Crippen LogP contribution in [0.25, 0.3) is 0 Å². The van der Waals surface area contributed by atoms with E-state index in [0.29, 0.717) is 12.8 Å². The standard InChI is InChI=1S/C17H17Cl3N2O4/c1-3-5-25-16(23)10(8-21)9-22-12-7-11(18)14(19)13(15(12)20)17(24)26-6-4-2/h7,9,22H,3-6H2,1-2H3. The third-order valence-electron chi connectivity index (χ3n) is 2.95. The highest BCUT2D eigenvalue weighted by Gasteiger charge is 2.22. The molecule has 9 heteroatoms. The number of hydrogen-bond donors (Lipinski definition) is 1. The van der Waals surface area contributed by atoms with Crippen molar-refractivity contribution in [1.82, 2.24) is 0 Å². The van der Waals surface area contributed by atoms with E-state index in [1.165, 1.54) is 6.07 Å². The van der Waals surface area contributed by atoms with Gasteiger partial charge in [0.05, 0.1) is 34.0 Å². The first-order valence-corrected chi connectivity index (χ1v) is 8.89. The molecule has 1 aromatic carbocycles. The number of ether oxygens (including phenoxy) is 2. The lowest BCUT2D eigenvalue weighted by Gasteiger charge is -2.13. The summed E-state index contributed by atoms with van der Waals surface area (Å²) in [6.07, 6.45) is 2.37. The average Bonchev–Trinajstić information content (AvgIpc) is 2.62. The molecule has 0 bridgehead atoms. The van der Waals surface area contributed by atoms with Crippen LogP contribution < -0.4 is 5.32 Å². The number of rotatable bonds is 8. The maximum absolute atomic E-state index is 12.2. The summed E-state index contributed by atoms with van der Waals surface area (Å²) in [5.74, 6) is -1.50. The normalized spacial score (nSPS) is 10.8. The molecular formula is C17H17Cl3N2O4. The van der Waals surface area contributed by atoms with Crippen molar-refractivity contribution in [3.63, 3.8) is 0 Å². The van der Waals surface area contributed by atoms with Crippen LogP contribution in [-0.4, -0.2) is 25.2 Å². The van der Waals surface area contributed by atoms with Gasteiger partial charge in [0, 0.05) is 6.20 Å². The number of benzene rings is 1. The van der Waals surface area contributed by atoms with Crippen LogP contribution in [0.2, 0.25) is 15.1 Å². The van der Waals surface area contributed by atoms with E-state index in [4.69, 9.17) is 49.5 Å². The molecule has 0 heterocycles. The molecule has 26 heavy (non-hydrogen) atoms. The van der Waals surface area contributed by atoms with Gasteiger partial charge in [0.15, 0.2) is 5.57 Å². The van der Waals surface area contributed by atoms with E-state index in [1.54, 1.807) is 6.07 Å². The second kappa shape index (κ2) is 10.9. The number of nitrogens with zero attached hydrogens (tertiary/aromatic N) is 1. The molecule has 0 fully saturated rings. The summed E-state index contributed by atoms with van der Waals surface area (Å²) in [6, 6.07) is 3.09. The van der Waals surface area contributed by atoms with Crippen molar-refractivity contribution >= 4 is 52.4 Å².